The van der Waals surface area contributed by atoms with Crippen molar-refractivity contribution in [3.05, 3.63) is 35.9 Å². The topological polar surface area (TPSA) is 56.1 Å². The van der Waals surface area contributed by atoms with Crippen LogP contribution in [0.3, 0.4) is 0 Å². The van der Waals surface area contributed by atoms with Gasteiger partial charge in [0.2, 0.25) is 5.91 Å². The molecule has 1 N–H and O–H groups in total. The summed E-state index contributed by atoms with van der Waals surface area (Å²) in [6, 6.07) is 12.7. The number of amides is 1. The lowest BCUT2D eigenvalue weighted by Crippen LogP contribution is -2.49. The molecular formula is C21H29N3O. The molecule has 3 rings (SSSR count). The van der Waals surface area contributed by atoms with Crippen molar-refractivity contribution in [2.24, 2.45) is 5.92 Å². The summed E-state index contributed by atoms with van der Waals surface area (Å²) in [6.45, 7) is 2.31. The predicted octanol–water partition coefficient (Wildman–Crippen LogP) is 3.63. The fraction of sp³-hybridized carbons (Fsp3) is 0.619. The molecule has 4 heteroatoms. The maximum absolute atomic E-state index is 12.4. The van der Waals surface area contributed by atoms with Crippen LogP contribution in [0.5, 0.6) is 0 Å². The van der Waals surface area contributed by atoms with Crippen LogP contribution >= 0.6 is 0 Å². The lowest BCUT2D eigenvalue weighted by atomic mass is 9.86. The van der Waals surface area contributed by atoms with E-state index in [-0.39, 0.29) is 5.91 Å². The molecule has 4 nitrogen and oxygen atoms in total. The normalized spacial score (nSPS) is 24.8. The van der Waals surface area contributed by atoms with Crippen molar-refractivity contribution >= 4 is 5.91 Å². The molecular weight excluding hydrogens is 310 g/mol. The van der Waals surface area contributed by atoms with Gasteiger partial charge in [-0.1, -0.05) is 62.4 Å². The van der Waals surface area contributed by atoms with Gasteiger partial charge in [0.15, 0.2) is 0 Å². The van der Waals surface area contributed by atoms with Crippen LogP contribution in [0.4, 0.5) is 0 Å². The van der Waals surface area contributed by atoms with Gasteiger partial charge in [-0.15, -0.1) is 0 Å². The van der Waals surface area contributed by atoms with Gasteiger partial charge in [0, 0.05) is 26.1 Å². The van der Waals surface area contributed by atoms with Gasteiger partial charge in [0.05, 0.1) is 6.07 Å². The maximum Gasteiger partial charge on any atom is 0.221 e. The number of likely N-dealkylation sites (tertiary alicyclic amines) is 1. The Balaban J connectivity index is 1.48. The molecule has 1 aromatic carbocycles. The molecule has 134 valence electrons. The highest BCUT2D eigenvalue weighted by Crippen LogP contribution is 2.28. The summed E-state index contributed by atoms with van der Waals surface area (Å²) in [6.07, 6.45) is 8.74. The number of carbonyl (C=O) groups excluding carboxylic acids is 1. The molecule has 1 aliphatic heterocycles. The minimum Gasteiger partial charge on any atom is -0.337 e. The molecule has 1 atom stereocenters. The van der Waals surface area contributed by atoms with Crippen molar-refractivity contribution in [3.8, 4) is 6.07 Å². The van der Waals surface area contributed by atoms with Crippen LogP contribution in [0.25, 0.3) is 0 Å². The highest BCUT2D eigenvalue weighted by Gasteiger charge is 2.39. The molecule has 2 aliphatic rings. The largest absolute Gasteiger partial charge is 0.337 e. The molecule has 1 heterocycles. The van der Waals surface area contributed by atoms with E-state index in [0.29, 0.717) is 25.3 Å². The molecule has 1 saturated carbocycles. The van der Waals surface area contributed by atoms with E-state index >= 15 is 0 Å². The Labute approximate surface area is 151 Å². The third-order valence-corrected chi connectivity index (χ3v) is 5.69. The summed E-state index contributed by atoms with van der Waals surface area (Å²) in [7, 11) is 0. The zero-order valence-corrected chi connectivity index (χ0v) is 15.0. The number of benzene rings is 1. The highest BCUT2D eigenvalue weighted by molar-refractivity contribution is 5.77. The third kappa shape index (κ3) is 5.06. The molecule has 2 fully saturated rings. The number of hydrogen-bond acceptors (Lipinski definition) is 3. The van der Waals surface area contributed by atoms with Crippen molar-refractivity contribution in [3.63, 3.8) is 0 Å². The first-order valence-electron chi connectivity index (χ1n) is 9.68. The Morgan fingerprint density at radius 3 is 2.72 bits per heavy atom. The van der Waals surface area contributed by atoms with Gasteiger partial charge in [-0.05, 0) is 24.3 Å². The zero-order valence-electron chi connectivity index (χ0n) is 15.0. The minimum absolute atomic E-state index is 0.0497. The molecule has 1 saturated heterocycles. The summed E-state index contributed by atoms with van der Waals surface area (Å²) in [5, 5.41) is 12.7. The van der Waals surface area contributed by atoms with Crippen molar-refractivity contribution < 1.29 is 4.79 Å². The third-order valence-electron chi connectivity index (χ3n) is 5.69. The quantitative estimate of drug-likeness (QED) is 0.861. The van der Waals surface area contributed by atoms with Gasteiger partial charge < -0.3 is 5.32 Å². The molecule has 0 radical (unpaired) electrons. The molecule has 0 aromatic heterocycles. The van der Waals surface area contributed by atoms with E-state index in [1.807, 2.05) is 18.2 Å². The number of nitrogens with zero attached hydrogens (tertiary/aromatic N) is 2. The van der Waals surface area contributed by atoms with Crippen LogP contribution < -0.4 is 5.32 Å². The molecule has 0 bridgehead atoms. The summed E-state index contributed by atoms with van der Waals surface area (Å²) in [5.41, 5.74) is 0.540. The van der Waals surface area contributed by atoms with E-state index < -0.39 is 5.54 Å². The molecule has 1 unspecified atom stereocenters. The van der Waals surface area contributed by atoms with Gasteiger partial charge >= 0.3 is 0 Å². The van der Waals surface area contributed by atoms with Crippen molar-refractivity contribution in [1.82, 2.24) is 10.2 Å². The van der Waals surface area contributed by atoms with Crippen LogP contribution in [0.1, 0.15) is 56.9 Å². The second-order valence-electron chi connectivity index (χ2n) is 7.73. The average Bonchev–Trinajstić information content (AvgIpc) is 3.05. The summed E-state index contributed by atoms with van der Waals surface area (Å²) in [4.78, 5) is 14.7. The lowest BCUT2D eigenvalue weighted by molar-refractivity contribution is -0.122. The number of carbonyl (C=O) groups is 1. The predicted molar refractivity (Wildman–Crippen MR) is 98.6 cm³/mol. The summed E-state index contributed by atoms with van der Waals surface area (Å²) >= 11 is 0. The van der Waals surface area contributed by atoms with Crippen molar-refractivity contribution in [2.45, 2.75) is 63.5 Å². The van der Waals surface area contributed by atoms with Crippen molar-refractivity contribution in [1.29, 1.82) is 5.26 Å². The monoisotopic (exact) mass is 339 g/mol. The number of rotatable bonds is 6. The summed E-state index contributed by atoms with van der Waals surface area (Å²) in [5.74, 6) is 0.754. The summed E-state index contributed by atoms with van der Waals surface area (Å²) < 4.78 is 0. The second-order valence-corrected chi connectivity index (χ2v) is 7.73. The van der Waals surface area contributed by atoms with E-state index in [9.17, 15) is 10.1 Å². The molecule has 1 amide bonds. The lowest BCUT2D eigenvalue weighted by Gasteiger charge is -2.25. The van der Waals surface area contributed by atoms with E-state index in [2.05, 4.69) is 28.4 Å². The Bertz CT molecular complexity index is 603. The Hall–Kier alpha value is -1.86. The standard InChI is InChI=1S/C21H29N3O/c22-16-21(23-20(25)12-11-18-7-3-1-4-8-18)13-14-24(17-21)15-19-9-5-2-6-10-19/h2,5-6,9-10,18H,1,3-4,7-8,11-15,17H2,(H,23,25). The van der Waals surface area contributed by atoms with Crippen LogP contribution in [0.15, 0.2) is 30.3 Å². The smallest absolute Gasteiger partial charge is 0.221 e. The SMILES string of the molecule is N#CC1(NC(=O)CCC2CCCCC2)CCN(Cc2ccccc2)C1. The van der Waals surface area contributed by atoms with E-state index in [1.165, 1.54) is 37.7 Å². The number of nitrogens with one attached hydrogen (secondary N) is 1. The first-order chi connectivity index (χ1) is 12.2. The second kappa shape index (κ2) is 8.49. The first kappa shape index (κ1) is 17.9. The van der Waals surface area contributed by atoms with Crippen LogP contribution in [-0.2, 0) is 11.3 Å². The minimum atomic E-state index is -0.710. The molecule has 1 aromatic rings. The zero-order chi connectivity index (χ0) is 17.5. The van der Waals surface area contributed by atoms with Crippen molar-refractivity contribution in [2.75, 3.05) is 13.1 Å². The van der Waals surface area contributed by atoms with Gasteiger partial charge in [-0.25, -0.2) is 0 Å². The highest BCUT2D eigenvalue weighted by atomic mass is 16.1. The average molecular weight is 339 g/mol. The Morgan fingerprint density at radius 1 is 1.24 bits per heavy atom. The van der Waals surface area contributed by atoms with Gasteiger partial charge in [0.1, 0.15) is 5.54 Å². The maximum atomic E-state index is 12.4. The van der Waals surface area contributed by atoms with Gasteiger partial charge in [-0.2, -0.15) is 5.26 Å². The fourth-order valence-electron chi connectivity index (χ4n) is 4.23. The fourth-order valence-corrected chi connectivity index (χ4v) is 4.23. The number of nitriles is 1. The van der Waals surface area contributed by atoms with E-state index in [4.69, 9.17) is 0 Å². The van der Waals surface area contributed by atoms with Crippen LogP contribution in [0, 0.1) is 17.2 Å². The van der Waals surface area contributed by atoms with E-state index in [0.717, 1.165) is 19.5 Å². The van der Waals surface area contributed by atoms with Crippen LogP contribution in [-0.4, -0.2) is 29.4 Å². The number of hydrogen-bond donors (Lipinski definition) is 1. The molecule has 1 aliphatic carbocycles. The Morgan fingerprint density at radius 2 is 2.00 bits per heavy atom. The molecule has 25 heavy (non-hydrogen) atoms. The Kier molecular flexibility index (Phi) is 6.09. The molecule has 0 spiro atoms. The first-order valence-corrected chi connectivity index (χ1v) is 9.68. The van der Waals surface area contributed by atoms with Crippen LogP contribution in [0.2, 0.25) is 0 Å². The van der Waals surface area contributed by atoms with Gasteiger partial charge in [0.25, 0.3) is 0 Å². The van der Waals surface area contributed by atoms with E-state index in [1.54, 1.807) is 0 Å². The van der Waals surface area contributed by atoms with Gasteiger partial charge in [-0.3, -0.25) is 9.69 Å².